The second-order valence-electron chi connectivity index (χ2n) is 9.75. The average Bonchev–Trinajstić information content (AvgIpc) is 2.85. The second kappa shape index (κ2) is 11.0. The molecule has 1 N–H and O–H groups in total. The van der Waals surface area contributed by atoms with Gasteiger partial charge in [0.1, 0.15) is 5.75 Å². The maximum atomic E-state index is 9.54. The van der Waals surface area contributed by atoms with Crippen LogP contribution in [-0.4, -0.2) is 13.2 Å². The van der Waals surface area contributed by atoms with Gasteiger partial charge in [0.25, 0.3) is 0 Å². The summed E-state index contributed by atoms with van der Waals surface area (Å²) < 4.78 is 0. The summed E-state index contributed by atoms with van der Waals surface area (Å²) in [5, 5.41) is 11.2. The minimum absolute atomic E-state index is 0.323. The van der Waals surface area contributed by atoms with Crippen molar-refractivity contribution >= 4 is 13.3 Å². The Morgan fingerprint density at radius 2 is 1.31 bits per heavy atom. The van der Waals surface area contributed by atoms with Gasteiger partial charge in [-0.1, -0.05) is 129 Å². The van der Waals surface area contributed by atoms with Gasteiger partial charge >= 0.3 is 0 Å². The van der Waals surface area contributed by atoms with Crippen LogP contribution >= 0.6 is 0 Å². The molecule has 0 spiro atoms. The topological polar surface area (TPSA) is 20.2 Å². The first-order valence-corrected chi connectivity index (χ1v) is 15.3. The molecule has 0 saturated carbocycles. The van der Waals surface area contributed by atoms with Crippen molar-refractivity contribution in [1.82, 2.24) is 0 Å². The molecule has 1 nitrogen and oxygen atoms in total. The van der Waals surface area contributed by atoms with Crippen LogP contribution in [0.25, 0.3) is 11.1 Å². The molecule has 4 rings (SSSR count). The first-order valence-electron chi connectivity index (χ1n) is 12.6. The molecule has 0 atom stereocenters. The van der Waals surface area contributed by atoms with Gasteiger partial charge in [-0.3, -0.25) is 0 Å². The quantitative estimate of drug-likeness (QED) is 0.261. The highest BCUT2D eigenvalue weighted by atomic mass is 28.3. The molecule has 1 aliphatic rings. The van der Waals surface area contributed by atoms with Crippen LogP contribution in [0.5, 0.6) is 5.75 Å². The van der Waals surface area contributed by atoms with E-state index in [4.69, 9.17) is 0 Å². The van der Waals surface area contributed by atoms with Crippen LogP contribution in [0.3, 0.4) is 0 Å². The van der Waals surface area contributed by atoms with Crippen LogP contribution in [0, 0.1) is 0 Å². The molecule has 1 aliphatic heterocycles. The number of rotatable bonds is 9. The number of phenolic OH excluding ortho intramolecular Hbond substituents is 1. The summed E-state index contributed by atoms with van der Waals surface area (Å²) in [5.41, 5.74) is 3.90. The van der Waals surface area contributed by atoms with Gasteiger partial charge in [0, 0.05) is 0 Å². The Kier molecular flexibility index (Phi) is 7.86. The normalized spacial score (nSPS) is 20.8. The van der Waals surface area contributed by atoms with Crippen molar-refractivity contribution in [2.24, 2.45) is 0 Å². The average molecular weight is 443 g/mol. The summed E-state index contributed by atoms with van der Waals surface area (Å²) in [5.74, 6) is 1.03. The van der Waals surface area contributed by atoms with Crippen molar-refractivity contribution in [1.29, 1.82) is 0 Å². The maximum Gasteiger partial charge on any atom is 0.115 e. The van der Waals surface area contributed by atoms with Gasteiger partial charge < -0.3 is 5.11 Å². The molecule has 2 heteroatoms. The maximum absolute atomic E-state index is 9.54. The molecule has 1 fully saturated rings. The highest BCUT2D eigenvalue weighted by Gasteiger charge is 2.38. The van der Waals surface area contributed by atoms with E-state index in [9.17, 15) is 5.11 Å². The Balaban J connectivity index is 1.42. The molecule has 0 radical (unpaired) electrons. The standard InChI is InChI=1S/C30H38OSi/c1-2-3-4-5-9-22-32(30-10-7-6-8-11-30)23-20-28(21-24-32)26-14-12-25(13-15-26)27-16-18-29(31)19-17-27/h6-8,10-19,28,31H,2-5,9,20-24H2,1H3. The van der Waals surface area contributed by atoms with Crippen molar-refractivity contribution in [3.8, 4) is 16.9 Å². The molecule has 0 bridgehead atoms. The van der Waals surface area contributed by atoms with E-state index in [1.54, 1.807) is 17.3 Å². The molecular formula is C30H38OSi. The van der Waals surface area contributed by atoms with E-state index >= 15 is 0 Å². The largest absolute Gasteiger partial charge is 0.508 e. The minimum atomic E-state index is -1.39. The fourth-order valence-corrected chi connectivity index (χ4v) is 10.9. The monoisotopic (exact) mass is 442 g/mol. The van der Waals surface area contributed by atoms with Gasteiger partial charge in [-0.05, 0) is 47.6 Å². The zero-order chi connectivity index (χ0) is 22.2. The predicted octanol–water partition coefficient (Wildman–Crippen LogP) is 8.26. The number of phenols is 1. The Bertz CT molecular complexity index is 938. The van der Waals surface area contributed by atoms with Gasteiger partial charge in [0.2, 0.25) is 0 Å². The second-order valence-corrected chi connectivity index (χ2v) is 14.4. The van der Waals surface area contributed by atoms with Crippen LogP contribution in [0.2, 0.25) is 18.1 Å². The van der Waals surface area contributed by atoms with E-state index in [2.05, 4.69) is 61.5 Å². The lowest BCUT2D eigenvalue weighted by Crippen LogP contribution is -2.49. The van der Waals surface area contributed by atoms with E-state index < -0.39 is 8.07 Å². The zero-order valence-corrected chi connectivity index (χ0v) is 20.6. The molecule has 0 aliphatic carbocycles. The van der Waals surface area contributed by atoms with Gasteiger partial charge in [-0.2, -0.15) is 0 Å². The van der Waals surface area contributed by atoms with Crippen LogP contribution in [0.15, 0.2) is 78.9 Å². The highest BCUT2D eigenvalue weighted by molar-refractivity contribution is 6.92. The fourth-order valence-electron chi connectivity index (χ4n) is 5.65. The minimum Gasteiger partial charge on any atom is -0.508 e. The molecule has 168 valence electrons. The molecule has 0 amide bonds. The van der Waals surface area contributed by atoms with E-state index in [0.717, 1.165) is 5.56 Å². The molecule has 0 aromatic heterocycles. The van der Waals surface area contributed by atoms with Crippen molar-refractivity contribution in [3.05, 3.63) is 84.4 Å². The van der Waals surface area contributed by atoms with Gasteiger partial charge in [0.15, 0.2) is 0 Å². The number of benzene rings is 3. The number of hydrogen-bond donors (Lipinski definition) is 1. The lowest BCUT2D eigenvalue weighted by atomic mass is 9.92. The molecule has 1 heterocycles. The molecule has 32 heavy (non-hydrogen) atoms. The predicted molar refractivity (Wildman–Crippen MR) is 141 cm³/mol. The lowest BCUT2D eigenvalue weighted by molar-refractivity contribution is 0.475. The molecule has 1 saturated heterocycles. The van der Waals surface area contributed by atoms with Gasteiger partial charge in [-0.15, -0.1) is 0 Å². The van der Waals surface area contributed by atoms with Crippen LogP contribution < -0.4 is 5.19 Å². The van der Waals surface area contributed by atoms with Gasteiger partial charge in [-0.25, -0.2) is 0 Å². The third kappa shape index (κ3) is 5.53. The van der Waals surface area contributed by atoms with E-state index in [0.29, 0.717) is 11.7 Å². The summed E-state index contributed by atoms with van der Waals surface area (Å²) >= 11 is 0. The summed E-state index contributed by atoms with van der Waals surface area (Å²) in [7, 11) is -1.39. The van der Waals surface area contributed by atoms with E-state index in [-0.39, 0.29) is 0 Å². The van der Waals surface area contributed by atoms with Crippen molar-refractivity contribution < 1.29 is 5.11 Å². The van der Waals surface area contributed by atoms with E-state index in [1.165, 1.54) is 74.2 Å². The first kappa shape index (κ1) is 22.9. The van der Waals surface area contributed by atoms with Crippen molar-refractivity contribution in [2.45, 2.75) is 75.9 Å². The summed E-state index contributed by atoms with van der Waals surface area (Å²) in [6.07, 6.45) is 9.65. The Labute approximate surface area is 195 Å². The van der Waals surface area contributed by atoms with Crippen LogP contribution in [0.1, 0.15) is 63.4 Å². The van der Waals surface area contributed by atoms with Crippen LogP contribution in [-0.2, 0) is 0 Å². The number of hydrogen-bond acceptors (Lipinski definition) is 1. The third-order valence-corrected chi connectivity index (χ3v) is 13.0. The molecule has 0 unspecified atom stereocenters. The molecule has 3 aromatic rings. The van der Waals surface area contributed by atoms with Crippen molar-refractivity contribution in [3.63, 3.8) is 0 Å². The third-order valence-electron chi connectivity index (χ3n) is 7.67. The summed E-state index contributed by atoms with van der Waals surface area (Å²) in [6, 6.07) is 32.6. The highest BCUT2D eigenvalue weighted by Crippen LogP contribution is 2.41. The smallest absolute Gasteiger partial charge is 0.115 e. The number of unbranched alkanes of at least 4 members (excludes halogenated alkanes) is 4. The summed E-state index contributed by atoms with van der Waals surface area (Å²) in [6.45, 7) is 2.30. The number of aromatic hydroxyl groups is 1. The molecule has 3 aromatic carbocycles. The first-order chi connectivity index (χ1) is 15.7. The Morgan fingerprint density at radius 3 is 1.94 bits per heavy atom. The zero-order valence-electron chi connectivity index (χ0n) is 19.6. The Morgan fingerprint density at radius 1 is 0.719 bits per heavy atom. The molecular weight excluding hydrogens is 404 g/mol. The fraction of sp³-hybridized carbons (Fsp3) is 0.400. The van der Waals surface area contributed by atoms with E-state index in [1.807, 2.05) is 12.1 Å². The van der Waals surface area contributed by atoms with Crippen LogP contribution in [0.4, 0.5) is 0 Å². The van der Waals surface area contributed by atoms with Crippen molar-refractivity contribution in [2.75, 3.05) is 0 Å². The SMILES string of the molecule is CCCCCCC[Si]1(c2ccccc2)CCC(c2ccc(-c3ccc(O)cc3)cc2)CC1. The summed E-state index contributed by atoms with van der Waals surface area (Å²) in [4.78, 5) is 0. The lowest BCUT2D eigenvalue weighted by Gasteiger charge is -2.39. The van der Waals surface area contributed by atoms with Gasteiger partial charge in [0.05, 0.1) is 8.07 Å². The Hall–Kier alpha value is -2.32.